The summed E-state index contributed by atoms with van der Waals surface area (Å²) in [6.45, 7) is 2.59. The number of aliphatic imine (C=N–C) groups is 1. The van der Waals surface area contributed by atoms with Crippen LogP contribution in [-0.4, -0.2) is 30.2 Å². The Hall–Kier alpha value is -2.70. The van der Waals surface area contributed by atoms with E-state index in [-0.39, 0.29) is 11.7 Å². The van der Waals surface area contributed by atoms with E-state index in [1.54, 1.807) is 25.1 Å². The molecule has 0 saturated heterocycles. The molecule has 0 bridgehead atoms. The first-order valence-electron chi connectivity index (χ1n) is 6.44. The number of carboxylic acid groups (broad SMARTS) is 1. The fourth-order valence-corrected chi connectivity index (χ4v) is 2.04. The first kappa shape index (κ1) is 14.7. The summed E-state index contributed by atoms with van der Waals surface area (Å²) in [6, 6.07) is 5.24. The highest BCUT2D eigenvalue weighted by Crippen LogP contribution is 2.33. The Morgan fingerprint density at radius 2 is 2.19 bits per heavy atom. The van der Waals surface area contributed by atoms with Gasteiger partial charge in [-0.2, -0.15) is 0 Å². The average Bonchev–Trinajstić information content (AvgIpc) is 2.76. The van der Waals surface area contributed by atoms with Gasteiger partial charge in [-0.25, -0.2) is 4.79 Å². The first-order valence-corrected chi connectivity index (χ1v) is 6.44. The van der Waals surface area contributed by atoms with Gasteiger partial charge in [-0.3, -0.25) is 4.99 Å². The van der Waals surface area contributed by atoms with Crippen LogP contribution < -0.4 is 16.2 Å². The van der Waals surface area contributed by atoms with Crippen molar-refractivity contribution in [1.29, 1.82) is 0 Å². The third-order valence-electron chi connectivity index (χ3n) is 2.96. The number of nitrogens with two attached hydrogens (primary N) is 2. The minimum Gasteiger partial charge on any atom is -0.493 e. The van der Waals surface area contributed by atoms with E-state index < -0.39 is 5.97 Å². The summed E-state index contributed by atoms with van der Waals surface area (Å²) >= 11 is 0. The van der Waals surface area contributed by atoms with E-state index in [2.05, 4.69) is 4.99 Å². The Balaban J connectivity index is 2.16. The van der Waals surface area contributed by atoms with Gasteiger partial charge in [0.1, 0.15) is 11.3 Å². The summed E-state index contributed by atoms with van der Waals surface area (Å²) in [4.78, 5) is 15.0. The predicted octanol–water partition coefficient (Wildman–Crippen LogP) is 1.48. The third kappa shape index (κ3) is 3.25. The lowest BCUT2D eigenvalue weighted by molar-refractivity contribution is 0.0664. The van der Waals surface area contributed by atoms with Crippen LogP contribution in [-0.2, 0) is 0 Å². The SMILES string of the molecule is Cc1c(C(=O)O)oc2cccc(OCCCN=C(N)N)c12. The van der Waals surface area contributed by atoms with Gasteiger partial charge in [0.05, 0.1) is 12.0 Å². The molecule has 0 aliphatic carbocycles. The molecule has 5 N–H and O–H groups in total. The second-order valence-corrected chi connectivity index (χ2v) is 4.50. The Morgan fingerprint density at radius 1 is 1.43 bits per heavy atom. The Bertz CT molecular complexity index is 687. The van der Waals surface area contributed by atoms with Crippen molar-refractivity contribution in [3.63, 3.8) is 0 Å². The highest BCUT2D eigenvalue weighted by Gasteiger charge is 2.19. The lowest BCUT2D eigenvalue weighted by atomic mass is 10.1. The van der Waals surface area contributed by atoms with Gasteiger partial charge < -0.3 is 25.7 Å². The fraction of sp³-hybridized carbons (Fsp3) is 0.286. The molecule has 0 fully saturated rings. The smallest absolute Gasteiger partial charge is 0.372 e. The molecule has 0 aliphatic heterocycles. The molecular weight excluding hydrogens is 274 g/mol. The Morgan fingerprint density at radius 3 is 2.86 bits per heavy atom. The van der Waals surface area contributed by atoms with E-state index in [9.17, 15) is 4.79 Å². The summed E-state index contributed by atoms with van der Waals surface area (Å²) in [6.07, 6.45) is 0.650. The van der Waals surface area contributed by atoms with Gasteiger partial charge in [0.25, 0.3) is 0 Å². The molecule has 0 radical (unpaired) electrons. The normalized spacial score (nSPS) is 10.5. The number of fused-ring (bicyclic) bond motifs is 1. The Labute approximate surface area is 121 Å². The second kappa shape index (κ2) is 6.17. The van der Waals surface area contributed by atoms with Gasteiger partial charge >= 0.3 is 5.97 Å². The minimum atomic E-state index is -1.09. The maximum Gasteiger partial charge on any atom is 0.372 e. The zero-order chi connectivity index (χ0) is 15.4. The summed E-state index contributed by atoms with van der Waals surface area (Å²) in [7, 11) is 0. The Kier molecular flexibility index (Phi) is 4.32. The van der Waals surface area contributed by atoms with Crippen molar-refractivity contribution >= 4 is 22.9 Å². The number of hydrogen-bond donors (Lipinski definition) is 3. The van der Waals surface area contributed by atoms with Crippen molar-refractivity contribution in [2.24, 2.45) is 16.5 Å². The van der Waals surface area contributed by atoms with Crippen LogP contribution in [0.25, 0.3) is 11.0 Å². The number of furan rings is 1. The van der Waals surface area contributed by atoms with Crippen LogP contribution >= 0.6 is 0 Å². The number of aryl methyl sites for hydroxylation is 1. The molecule has 0 aliphatic rings. The molecule has 2 aromatic rings. The molecule has 1 aromatic carbocycles. The van der Waals surface area contributed by atoms with Crippen LogP contribution in [0.5, 0.6) is 5.75 Å². The van der Waals surface area contributed by atoms with Gasteiger partial charge in [-0.15, -0.1) is 0 Å². The minimum absolute atomic E-state index is 0.0499. The molecule has 0 unspecified atom stereocenters. The van der Waals surface area contributed by atoms with Gasteiger partial charge in [0, 0.05) is 18.5 Å². The van der Waals surface area contributed by atoms with E-state index in [0.717, 1.165) is 0 Å². The van der Waals surface area contributed by atoms with E-state index in [4.69, 9.17) is 25.7 Å². The van der Waals surface area contributed by atoms with Crippen LogP contribution in [0, 0.1) is 6.92 Å². The van der Waals surface area contributed by atoms with E-state index >= 15 is 0 Å². The van der Waals surface area contributed by atoms with Crippen LogP contribution in [0.1, 0.15) is 22.5 Å². The molecule has 1 heterocycles. The molecule has 7 heteroatoms. The summed E-state index contributed by atoms with van der Waals surface area (Å²) in [5, 5.41) is 9.76. The highest BCUT2D eigenvalue weighted by molar-refractivity contribution is 5.97. The van der Waals surface area contributed by atoms with Gasteiger partial charge in [0.2, 0.25) is 5.76 Å². The molecule has 112 valence electrons. The van der Waals surface area contributed by atoms with Gasteiger partial charge in [-0.05, 0) is 19.1 Å². The number of carbonyl (C=O) groups is 1. The largest absolute Gasteiger partial charge is 0.493 e. The van der Waals surface area contributed by atoms with E-state index in [1.165, 1.54) is 0 Å². The standard InChI is InChI=1S/C14H17N3O4/c1-8-11-9(20-7-3-6-17-14(15)16)4-2-5-10(11)21-12(8)13(18)19/h2,4-5H,3,6-7H2,1H3,(H,18,19)(H4,15,16,17). The van der Waals surface area contributed by atoms with E-state index in [1.807, 2.05) is 0 Å². The molecule has 21 heavy (non-hydrogen) atoms. The molecule has 0 amide bonds. The van der Waals surface area contributed by atoms with Crippen LogP contribution in [0.15, 0.2) is 27.6 Å². The molecule has 2 rings (SSSR count). The van der Waals surface area contributed by atoms with Crippen LogP contribution in [0.2, 0.25) is 0 Å². The lowest BCUT2D eigenvalue weighted by Gasteiger charge is -2.06. The topological polar surface area (TPSA) is 124 Å². The average molecular weight is 291 g/mol. The predicted molar refractivity (Wildman–Crippen MR) is 78.7 cm³/mol. The van der Waals surface area contributed by atoms with Crippen molar-refractivity contribution in [3.8, 4) is 5.75 Å². The number of aromatic carboxylic acids is 1. The molecular formula is C14H17N3O4. The summed E-state index contributed by atoms with van der Waals surface area (Å²) in [5.74, 6) is -0.524. The highest BCUT2D eigenvalue weighted by atomic mass is 16.5. The quantitative estimate of drug-likeness (QED) is 0.420. The van der Waals surface area contributed by atoms with Crippen LogP contribution in [0.4, 0.5) is 0 Å². The van der Waals surface area contributed by atoms with Gasteiger partial charge in [-0.1, -0.05) is 6.07 Å². The molecule has 1 aromatic heterocycles. The van der Waals surface area contributed by atoms with Crippen molar-refractivity contribution in [1.82, 2.24) is 0 Å². The summed E-state index contributed by atoms with van der Waals surface area (Å²) in [5.41, 5.74) is 11.5. The monoisotopic (exact) mass is 291 g/mol. The lowest BCUT2D eigenvalue weighted by Crippen LogP contribution is -2.23. The number of carboxylic acids is 1. The number of rotatable bonds is 6. The summed E-state index contributed by atoms with van der Waals surface area (Å²) < 4.78 is 11.0. The van der Waals surface area contributed by atoms with Crippen molar-refractivity contribution in [2.45, 2.75) is 13.3 Å². The number of benzene rings is 1. The van der Waals surface area contributed by atoms with Crippen molar-refractivity contribution < 1.29 is 19.1 Å². The van der Waals surface area contributed by atoms with Crippen LogP contribution in [0.3, 0.4) is 0 Å². The number of guanidine groups is 1. The molecule has 0 atom stereocenters. The zero-order valence-electron chi connectivity index (χ0n) is 11.6. The number of ether oxygens (including phenoxy) is 1. The van der Waals surface area contributed by atoms with E-state index in [0.29, 0.717) is 41.9 Å². The first-order chi connectivity index (χ1) is 10.0. The number of hydrogen-bond acceptors (Lipinski definition) is 4. The maximum atomic E-state index is 11.1. The maximum absolute atomic E-state index is 11.1. The second-order valence-electron chi connectivity index (χ2n) is 4.50. The third-order valence-corrected chi connectivity index (χ3v) is 2.96. The molecule has 7 nitrogen and oxygen atoms in total. The zero-order valence-corrected chi connectivity index (χ0v) is 11.6. The molecule has 0 saturated carbocycles. The van der Waals surface area contributed by atoms with Crippen molar-refractivity contribution in [3.05, 3.63) is 29.5 Å². The molecule has 0 spiro atoms. The number of nitrogens with zero attached hydrogens (tertiary/aromatic N) is 1. The fourth-order valence-electron chi connectivity index (χ4n) is 2.04. The van der Waals surface area contributed by atoms with Gasteiger partial charge in [0.15, 0.2) is 5.96 Å². The van der Waals surface area contributed by atoms with Crippen molar-refractivity contribution in [2.75, 3.05) is 13.2 Å².